The lowest BCUT2D eigenvalue weighted by Gasteiger charge is -2.34. The summed E-state index contributed by atoms with van der Waals surface area (Å²) in [4.78, 5) is 27.1. The van der Waals surface area contributed by atoms with Gasteiger partial charge in [-0.15, -0.1) is 5.10 Å². The summed E-state index contributed by atoms with van der Waals surface area (Å²) in [6.45, 7) is 1.38. The minimum Gasteiger partial charge on any atom is -0.354 e. The van der Waals surface area contributed by atoms with Gasteiger partial charge in [-0.1, -0.05) is 19.3 Å². The van der Waals surface area contributed by atoms with Gasteiger partial charge in [-0.25, -0.2) is 4.39 Å². The van der Waals surface area contributed by atoms with Crippen molar-refractivity contribution in [2.24, 2.45) is 5.92 Å². The molecule has 2 aromatic rings. The average molecular weight is 398 g/mol. The van der Waals surface area contributed by atoms with Gasteiger partial charge < -0.3 is 10.2 Å². The maximum atomic E-state index is 13.2. The zero-order chi connectivity index (χ0) is 20.2. The van der Waals surface area contributed by atoms with Crippen LogP contribution in [0.25, 0.3) is 5.69 Å². The van der Waals surface area contributed by atoms with E-state index < -0.39 is 0 Å². The summed E-state index contributed by atoms with van der Waals surface area (Å²) in [5.74, 6) is 0.358. The zero-order valence-corrected chi connectivity index (χ0v) is 16.5. The second kappa shape index (κ2) is 8.76. The Kier molecular flexibility index (Phi) is 5.92. The Balaban J connectivity index is 1.48. The highest BCUT2D eigenvalue weighted by Crippen LogP contribution is 2.23. The van der Waals surface area contributed by atoms with Crippen molar-refractivity contribution in [2.75, 3.05) is 18.0 Å². The molecule has 1 aliphatic carbocycles. The Morgan fingerprint density at radius 3 is 2.52 bits per heavy atom. The maximum absolute atomic E-state index is 13.2. The summed E-state index contributed by atoms with van der Waals surface area (Å²) in [6.07, 6.45) is 7.57. The van der Waals surface area contributed by atoms with E-state index >= 15 is 0 Å². The number of hydrogen-bond acceptors (Lipinski definition) is 4. The van der Waals surface area contributed by atoms with Gasteiger partial charge in [0.25, 0.3) is 5.56 Å². The van der Waals surface area contributed by atoms with Crippen molar-refractivity contribution in [3.05, 3.63) is 52.6 Å². The van der Waals surface area contributed by atoms with Crippen LogP contribution >= 0.6 is 0 Å². The van der Waals surface area contributed by atoms with Crippen LogP contribution < -0.4 is 15.8 Å². The van der Waals surface area contributed by atoms with Gasteiger partial charge in [0.05, 0.1) is 11.6 Å². The molecule has 2 heterocycles. The normalized spacial score (nSPS) is 20.4. The first kappa shape index (κ1) is 19.6. The molecule has 1 amide bonds. The van der Waals surface area contributed by atoms with Crippen LogP contribution in [0.4, 0.5) is 10.2 Å². The topological polar surface area (TPSA) is 67.2 Å². The van der Waals surface area contributed by atoms with Crippen molar-refractivity contribution < 1.29 is 9.18 Å². The first-order valence-electron chi connectivity index (χ1n) is 10.5. The van der Waals surface area contributed by atoms with Crippen LogP contribution in [0.15, 0.2) is 41.2 Å². The fourth-order valence-electron chi connectivity index (χ4n) is 4.30. The Hall–Kier alpha value is -2.70. The number of piperidine rings is 1. The Morgan fingerprint density at radius 1 is 1.00 bits per heavy atom. The number of nitrogens with zero attached hydrogens (tertiary/aromatic N) is 3. The molecule has 1 aliphatic heterocycles. The molecule has 154 valence electrons. The number of benzene rings is 1. The van der Waals surface area contributed by atoms with E-state index in [-0.39, 0.29) is 23.2 Å². The molecule has 4 rings (SSSR count). The third-order valence-corrected chi connectivity index (χ3v) is 5.93. The van der Waals surface area contributed by atoms with Gasteiger partial charge in [0, 0.05) is 25.2 Å². The monoisotopic (exact) mass is 398 g/mol. The molecule has 1 aromatic heterocycles. The number of rotatable bonds is 4. The lowest BCUT2D eigenvalue weighted by Crippen LogP contribution is -2.46. The van der Waals surface area contributed by atoms with Gasteiger partial charge in [0.2, 0.25) is 5.91 Å². The predicted molar refractivity (Wildman–Crippen MR) is 110 cm³/mol. The van der Waals surface area contributed by atoms with Gasteiger partial charge in [0.15, 0.2) is 0 Å². The molecule has 2 fully saturated rings. The van der Waals surface area contributed by atoms with Crippen molar-refractivity contribution >= 4 is 11.7 Å². The number of amides is 1. The zero-order valence-electron chi connectivity index (χ0n) is 16.5. The Bertz CT molecular complexity index is 906. The summed E-state index contributed by atoms with van der Waals surface area (Å²) >= 11 is 0. The summed E-state index contributed by atoms with van der Waals surface area (Å²) in [5.41, 5.74) is 0.241. The minimum absolute atomic E-state index is 0.0707. The fourth-order valence-corrected chi connectivity index (χ4v) is 4.30. The molecule has 1 atom stereocenters. The van der Waals surface area contributed by atoms with Gasteiger partial charge in [-0.3, -0.25) is 9.59 Å². The predicted octanol–water partition coefficient (Wildman–Crippen LogP) is 3.04. The quantitative estimate of drug-likeness (QED) is 0.860. The van der Waals surface area contributed by atoms with Crippen LogP contribution in [0.3, 0.4) is 0 Å². The third kappa shape index (κ3) is 4.66. The molecule has 0 spiro atoms. The van der Waals surface area contributed by atoms with E-state index in [0.717, 1.165) is 32.2 Å². The van der Waals surface area contributed by atoms with Crippen LogP contribution in [0.2, 0.25) is 0 Å². The van der Waals surface area contributed by atoms with E-state index in [0.29, 0.717) is 24.1 Å². The van der Waals surface area contributed by atoms with Crippen molar-refractivity contribution in [1.82, 2.24) is 15.1 Å². The lowest BCUT2D eigenvalue weighted by atomic mass is 9.93. The largest absolute Gasteiger partial charge is 0.354 e. The van der Waals surface area contributed by atoms with Gasteiger partial charge in [0.1, 0.15) is 11.6 Å². The second-order valence-electron chi connectivity index (χ2n) is 8.05. The van der Waals surface area contributed by atoms with Crippen LogP contribution in [-0.2, 0) is 4.79 Å². The standard InChI is InChI=1S/C22H27FN4O2/c23-17-8-10-19(11-9-17)27-21(28)13-12-20(25-27)26-14-4-5-16(15-26)22(29)24-18-6-2-1-3-7-18/h8-13,16,18H,1-7,14-15H2,(H,24,29)/t16-/m0/s1. The lowest BCUT2D eigenvalue weighted by molar-refractivity contribution is -0.126. The van der Waals surface area contributed by atoms with Gasteiger partial charge in [-0.05, 0) is 56.0 Å². The molecule has 1 aromatic carbocycles. The van der Waals surface area contributed by atoms with Crippen LogP contribution in [0.1, 0.15) is 44.9 Å². The summed E-state index contributed by atoms with van der Waals surface area (Å²) in [5, 5.41) is 7.72. The molecule has 0 bridgehead atoms. The first-order valence-corrected chi connectivity index (χ1v) is 10.5. The number of carbonyl (C=O) groups excluding carboxylic acids is 1. The highest BCUT2D eigenvalue weighted by atomic mass is 19.1. The first-order chi connectivity index (χ1) is 14.1. The van der Waals surface area contributed by atoms with E-state index in [1.807, 2.05) is 0 Å². The summed E-state index contributed by atoms with van der Waals surface area (Å²) in [6, 6.07) is 9.16. The average Bonchev–Trinajstić information content (AvgIpc) is 2.75. The third-order valence-electron chi connectivity index (χ3n) is 5.93. The smallest absolute Gasteiger partial charge is 0.271 e. The van der Waals surface area contributed by atoms with Crippen LogP contribution in [0, 0.1) is 11.7 Å². The van der Waals surface area contributed by atoms with Crippen LogP contribution in [-0.4, -0.2) is 34.8 Å². The number of halogens is 1. The van der Waals surface area contributed by atoms with Crippen molar-refractivity contribution in [3.8, 4) is 5.69 Å². The van der Waals surface area contributed by atoms with E-state index in [1.165, 1.54) is 54.3 Å². The number of carbonyl (C=O) groups is 1. The number of nitrogens with one attached hydrogen (secondary N) is 1. The second-order valence-corrected chi connectivity index (χ2v) is 8.05. The van der Waals surface area contributed by atoms with Crippen molar-refractivity contribution in [2.45, 2.75) is 51.0 Å². The molecular formula is C22H27FN4O2. The van der Waals surface area contributed by atoms with E-state index in [9.17, 15) is 14.0 Å². The Morgan fingerprint density at radius 2 is 1.76 bits per heavy atom. The molecular weight excluding hydrogens is 371 g/mol. The molecule has 0 unspecified atom stereocenters. The van der Waals surface area contributed by atoms with Crippen molar-refractivity contribution in [1.29, 1.82) is 0 Å². The van der Waals surface area contributed by atoms with Crippen molar-refractivity contribution in [3.63, 3.8) is 0 Å². The Labute approximate surface area is 169 Å². The van der Waals surface area contributed by atoms with Gasteiger partial charge >= 0.3 is 0 Å². The molecule has 0 radical (unpaired) electrons. The SMILES string of the molecule is O=C(NC1CCCCC1)[C@H]1CCCN(c2ccc(=O)n(-c3ccc(F)cc3)n2)C1. The number of hydrogen-bond donors (Lipinski definition) is 1. The molecule has 6 nitrogen and oxygen atoms in total. The fraction of sp³-hybridized carbons (Fsp3) is 0.500. The van der Waals surface area contributed by atoms with Crippen LogP contribution in [0.5, 0.6) is 0 Å². The molecule has 2 aliphatic rings. The highest BCUT2D eigenvalue weighted by molar-refractivity contribution is 5.79. The molecule has 1 saturated heterocycles. The van der Waals surface area contributed by atoms with Gasteiger partial charge in [-0.2, -0.15) is 4.68 Å². The summed E-state index contributed by atoms with van der Waals surface area (Å²) in [7, 11) is 0. The maximum Gasteiger partial charge on any atom is 0.271 e. The summed E-state index contributed by atoms with van der Waals surface area (Å²) < 4.78 is 14.5. The minimum atomic E-state index is -0.360. The molecule has 1 saturated carbocycles. The van der Waals surface area contributed by atoms with E-state index in [2.05, 4.69) is 15.3 Å². The number of anilines is 1. The molecule has 7 heteroatoms. The van der Waals surface area contributed by atoms with E-state index in [4.69, 9.17) is 0 Å². The molecule has 1 N–H and O–H groups in total. The highest BCUT2D eigenvalue weighted by Gasteiger charge is 2.28. The number of aromatic nitrogens is 2. The molecule has 29 heavy (non-hydrogen) atoms. The van der Waals surface area contributed by atoms with E-state index in [1.54, 1.807) is 6.07 Å².